The van der Waals surface area contributed by atoms with Gasteiger partial charge in [-0.2, -0.15) is 26.3 Å². The van der Waals surface area contributed by atoms with E-state index in [1.54, 1.807) is 18.7 Å². The van der Waals surface area contributed by atoms with Gasteiger partial charge >= 0.3 is 12.4 Å². The lowest BCUT2D eigenvalue weighted by atomic mass is 9.85. The van der Waals surface area contributed by atoms with Crippen LogP contribution in [0.15, 0.2) is 11.4 Å². The highest BCUT2D eigenvalue weighted by Crippen LogP contribution is 2.41. The van der Waals surface area contributed by atoms with Crippen LogP contribution in [-0.4, -0.2) is 48.3 Å². The number of thiophene rings is 1. The fourth-order valence-electron chi connectivity index (χ4n) is 4.89. The Morgan fingerprint density at radius 1 is 1.09 bits per heavy atom. The van der Waals surface area contributed by atoms with Crippen LogP contribution in [0.4, 0.5) is 32.2 Å². The molecule has 1 amide bonds. The summed E-state index contributed by atoms with van der Waals surface area (Å²) in [6.45, 7) is 4.38. The molecule has 0 bridgehead atoms. The maximum Gasteiger partial charge on any atom is 0.417 e. The molecular weight excluding hydrogens is 494 g/mol. The number of halogens is 6. The van der Waals surface area contributed by atoms with Crippen molar-refractivity contribution in [3.8, 4) is 0 Å². The van der Waals surface area contributed by atoms with Gasteiger partial charge in [-0.05, 0) is 52.0 Å². The average molecular weight is 523 g/mol. The number of carbonyl (C=O) groups excluding carboxylic acids is 1. The van der Waals surface area contributed by atoms with E-state index in [0.717, 1.165) is 17.4 Å². The fraction of sp³-hybridized carbons (Fsp3) is 0.652. The summed E-state index contributed by atoms with van der Waals surface area (Å²) in [6.07, 6.45) is -7.11. The van der Waals surface area contributed by atoms with Gasteiger partial charge in [0.2, 0.25) is 0 Å². The number of fused-ring (bicyclic) bond motifs is 1. The molecule has 12 heteroatoms. The molecule has 1 unspecified atom stereocenters. The van der Waals surface area contributed by atoms with Crippen LogP contribution < -0.4 is 15.5 Å². The van der Waals surface area contributed by atoms with Gasteiger partial charge in [0.1, 0.15) is 5.82 Å². The van der Waals surface area contributed by atoms with Crippen LogP contribution in [0.2, 0.25) is 0 Å². The summed E-state index contributed by atoms with van der Waals surface area (Å²) in [5, 5.41) is 7.50. The first-order valence-electron chi connectivity index (χ1n) is 11.7. The van der Waals surface area contributed by atoms with Crippen LogP contribution in [0.1, 0.15) is 61.9 Å². The standard InChI is InChI=1S/C23H28F6N4OS/c1-12(2)30-21(34)16-11-35-20-17(23(27,28)29)9-18(32-19(16)20)33-8-7-15(10-33)31-14-5-3-13(4-6-14)22(24,25)26/h9,11-15,31H,3-8,10H2,1-2H3,(H,30,34). The number of nitrogens with one attached hydrogen (secondary N) is 2. The summed E-state index contributed by atoms with van der Waals surface area (Å²) in [7, 11) is 0. The molecule has 4 rings (SSSR count). The lowest BCUT2D eigenvalue weighted by Gasteiger charge is -2.32. The Kier molecular flexibility index (Phi) is 7.25. The number of nitrogens with zero attached hydrogens (tertiary/aromatic N) is 2. The zero-order chi connectivity index (χ0) is 25.5. The van der Waals surface area contributed by atoms with Crippen LogP contribution >= 0.6 is 11.3 Å². The van der Waals surface area contributed by atoms with Gasteiger partial charge in [-0.25, -0.2) is 4.98 Å². The maximum absolute atomic E-state index is 13.9. The smallest absolute Gasteiger partial charge is 0.355 e. The fourth-order valence-corrected chi connectivity index (χ4v) is 5.92. The van der Waals surface area contributed by atoms with E-state index >= 15 is 0 Å². The average Bonchev–Trinajstić information content (AvgIpc) is 3.38. The topological polar surface area (TPSA) is 57.3 Å². The molecule has 5 nitrogen and oxygen atoms in total. The van der Waals surface area contributed by atoms with E-state index in [2.05, 4.69) is 15.6 Å². The highest BCUT2D eigenvalue weighted by atomic mass is 32.1. The summed E-state index contributed by atoms with van der Waals surface area (Å²) in [5.74, 6) is -1.59. The molecule has 35 heavy (non-hydrogen) atoms. The molecule has 2 aromatic rings. The number of hydrogen-bond acceptors (Lipinski definition) is 5. The number of carbonyl (C=O) groups is 1. The molecular formula is C23H28F6N4OS. The molecule has 2 aliphatic rings. The van der Waals surface area contributed by atoms with Crippen molar-refractivity contribution in [1.29, 1.82) is 0 Å². The maximum atomic E-state index is 13.9. The van der Waals surface area contributed by atoms with Crippen molar-refractivity contribution in [3.63, 3.8) is 0 Å². The van der Waals surface area contributed by atoms with Crippen molar-refractivity contribution >= 4 is 33.3 Å². The Bertz CT molecular complexity index is 1060. The summed E-state index contributed by atoms with van der Waals surface area (Å²) >= 11 is 0.845. The minimum absolute atomic E-state index is 0.0276. The van der Waals surface area contributed by atoms with Crippen molar-refractivity contribution < 1.29 is 31.1 Å². The zero-order valence-corrected chi connectivity index (χ0v) is 20.2. The van der Waals surface area contributed by atoms with E-state index < -0.39 is 29.7 Å². The van der Waals surface area contributed by atoms with Crippen molar-refractivity contribution in [3.05, 3.63) is 22.6 Å². The molecule has 1 aliphatic heterocycles. The molecule has 0 spiro atoms. The van der Waals surface area contributed by atoms with Crippen LogP contribution in [0.3, 0.4) is 0 Å². The number of pyridine rings is 1. The quantitative estimate of drug-likeness (QED) is 0.492. The lowest BCUT2D eigenvalue weighted by molar-refractivity contribution is -0.182. The third-order valence-electron chi connectivity index (χ3n) is 6.65. The third kappa shape index (κ3) is 5.84. The Labute approximate surface area is 203 Å². The van der Waals surface area contributed by atoms with Crippen molar-refractivity contribution in [2.24, 2.45) is 5.92 Å². The van der Waals surface area contributed by atoms with Gasteiger partial charge < -0.3 is 15.5 Å². The van der Waals surface area contributed by atoms with Crippen LogP contribution in [0.25, 0.3) is 10.2 Å². The lowest BCUT2D eigenvalue weighted by Crippen LogP contribution is -2.43. The van der Waals surface area contributed by atoms with Crippen LogP contribution in [-0.2, 0) is 6.18 Å². The molecule has 2 N–H and O–H groups in total. The van der Waals surface area contributed by atoms with E-state index in [1.165, 1.54) is 5.38 Å². The molecule has 1 saturated carbocycles. The first-order valence-corrected chi connectivity index (χ1v) is 12.6. The Morgan fingerprint density at radius 2 is 1.77 bits per heavy atom. The molecule has 1 saturated heterocycles. The van der Waals surface area contributed by atoms with Gasteiger partial charge in [-0.15, -0.1) is 11.3 Å². The predicted octanol–water partition coefficient (Wildman–Crippen LogP) is 5.74. The van der Waals surface area contributed by atoms with Crippen molar-refractivity contribution in [2.75, 3.05) is 18.0 Å². The second-order valence-electron chi connectivity index (χ2n) is 9.67. The molecule has 0 radical (unpaired) electrons. The van der Waals surface area contributed by atoms with Gasteiger partial charge in [0, 0.05) is 36.6 Å². The zero-order valence-electron chi connectivity index (χ0n) is 19.4. The first kappa shape index (κ1) is 26.0. The van der Waals surface area contributed by atoms with E-state index in [-0.39, 0.29) is 52.6 Å². The molecule has 1 aliphatic carbocycles. The Morgan fingerprint density at radius 3 is 2.37 bits per heavy atom. The van der Waals surface area contributed by atoms with Crippen LogP contribution in [0, 0.1) is 5.92 Å². The molecule has 3 heterocycles. The highest BCUT2D eigenvalue weighted by molar-refractivity contribution is 7.17. The largest absolute Gasteiger partial charge is 0.417 e. The molecule has 1 atom stereocenters. The van der Waals surface area contributed by atoms with Gasteiger partial charge in [-0.3, -0.25) is 4.79 Å². The van der Waals surface area contributed by atoms with Crippen molar-refractivity contribution in [1.82, 2.24) is 15.6 Å². The predicted molar refractivity (Wildman–Crippen MR) is 123 cm³/mol. The van der Waals surface area contributed by atoms with Gasteiger partial charge in [0.15, 0.2) is 0 Å². The van der Waals surface area contributed by atoms with E-state index in [9.17, 15) is 31.1 Å². The second kappa shape index (κ2) is 9.76. The van der Waals surface area contributed by atoms with Crippen molar-refractivity contribution in [2.45, 2.75) is 76.4 Å². The molecule has 2 aromatic heterocycles. The highest BCUT2D eigenvalue weighted by Gasteiger charge is 2.42. The third-order valence-corrected chi connectivity index (χ3v) is 7.66. The summed E-state index contributed by atoms with van der Waals surface area (Å²) in [6, 6.07) is 0.752. The SMILES string of the molecule is CC(C)NC(=O)c1csc2c(C(F)(F)F)cc(N3CCC(NC4CCC(C(F)(F)F)CC4)C3)nc12. The minimum Gasteiger partial charge on any atom is -0.355 e. The van der Waals surface area contributed by atoms with Gasteiger partial charge in [0.25, 0.3) is 5.91 Å². The number of anilines is 1. The second-order valence-corrected chi connectivity index (χ2v) is 10.5. The summed E-state index contributed by atoms with van der Waals surface area (Å²) in [4.78, 5) is 18.8. The normalized spacial score (nSPS) is 23.9. The number of hydrogen-bond donors (Lipinski definition) is 2. The first-order chi connectivity index (χ1) is 16.3. The minimum atomic E-state index is -4.61. The summed E-state index contributed by atoms with van der Waals surface area (Å²) < 4.78 is 80.3. The van der Waals surface area contributed by atoms with E-state index in [1.807, 2.05) is 0 Å². The number of alkyl halides is 6. The Balaban J connectivity index is 1.51. The number of amides is 1. The molecule has 194 valence electrons. The monoisotopic (exact) mass is 522 g/mol. The van der Waals surface area contributed by atoms with E-state index in [0.29, 0.717) is 32.4 Å². The molecule has 2 fully saturated rings. The number of rotatable bonds is 5. The Hall–Kier alpha value is -2.08. The van der Waals surface area contributed by atoms with E-state index in [4.69, 9.17) is 0 Å². The van der Waals surface area contributed by atoms with Crippen LogP contribution in [0.5, 0.6) is 0 Å². The number of aromatic nitrogens is 1. The van der Waals surface area contributed by atoms with Gasteiger partial charge in [0.05, 0.1) is 27.3 Å². The summed E-state index contributed by atoms with van der Waals surface area (Å²) in [5.41, 5.74) is -0.686. The molecule has 0 aromatic carbocycles. The van der Waals surface area contributed by atoms with Gasteiger partial charge in [-0.1, -0.05) is 0 Å².